The predicted molar refractivity (Wildman–Crippen MR) is 105 cm³/mol. The minimum atomic E-state index is -4.13. The van der Waals surface area contributed by atoms with Crippen molar-refractivity contribution >= 4 is 60.8 Å². The molecule has 0 bridgehead atoms. The summed E-state index contributed by atoms with van der Waals surface area (Å²) in [4.78, 5) is 41.8. The summed E-state index contributed by atoms with van der Waals surface area (Å²) in [5.74, 6) is -2.02. The number of carboxylic acids is 1. The van der Waals surface area contributed by atoms with Gasteiger partial charge in [-0.2, -0.15) is 0 Å². The minimum Gasteiger partial charge on any atom is -0.476 e. The van der Waals surface area contributed by atoms with Crippen molar-refractivity contribution in [1.82, 2.24) is 15.3 Å². The number of alkyl carbamates (subject to hydrolysis) is 1. The fourth-order valence-electron chi connectivity index (χ4n) is 1.71. The lowest BCUT2D eigenvalue weighted by molar-refractivity contribution is -0.115. The molecule has 15 heteroatoms. The lowest BCUT2D eigenvalue weighted by Crippen LogP contribution is -2.37. The van der Waals surface area contributed by atoms with Crippen molar-refractivity contribution in [3.8, 4) is 0 Å². The molecule has 2 amide bonds. The van der Waals surface area contributed by atoms with Crippen LogP contribution >= 0.6 is 22.7 Å². The molecule has 0 unspecified atom stereocenters. The largest absolute Gasteiger partial charge is 0.476 e. The van der Waals surface area contributed by atoms with Gasteiger partial charge in [-0.3, -0.25) is 9.52 Å². The monoisotopic (exact) mass is 463 g/mol. The number of amides is 2. The van der Waals surface area contributed by atoms with Gasteiger partial charge in [0.15, 0.2) is 15.0 Å². The summed E-state index contributed by atoms with van der Waals surface area (Å²) >= 11 is 1.46. The van der Waals surface area contributed by atoms with E-state index in [1.54, 1.807) is 20.8 Å². The molecular formula is C14H17N5O7S3. The van der Waals surface area contributed by atoms with Crippen LogP contribution in [0.2, 0.25) is 0 Å². The molecule has 29 heavy (non-hydrogen) atoms. The lowest BCUT2D eigenvalue weighted by atomic mass is 10.2. The maximum absolute atomic E-state index is 12.4. The number of ether oxygens (including phenoxy) is 1. The van der Waals surface area contributed by atoms with E-state index >= 15 is 0 Å². The molecule has 0 aliphatic carbocycles. The van der Waals surface area contributed by atoms with E-state index < -0.39 is 45.8 Å². The van der Waals surface area contributed by atoms with Gasteiger partial charge in [0, 0.05) is 0 Å². The number of aromatic carboxylic acids is 1. The number of rotatable bonds is 7. The Kier molecular flexibility index (Phi) is 6.76. The number of sulfonamides is 1. The number of carbonyl (C=O) groups is 3. The second-order valence-electron chi connectivity index (χ2n) is 6.33. The first-order chi connectivity index (χ1) is 13.4. The number of anilines is 2. The summed E-state index contributed by atoms with van der Waals surface area (Å²) in [6, 6.07) is 0. The molecule has 12 nitrogen and oxygen atoms in total. The van der Waals surface area contributed by atoms with E-state index in [4.69, 9.17) is 9.84 Å². The molecule has 0 atom stereocenters. The highest BCUT2D eigenvalue weighted by molar-refractivity contribution is 7.95. The van der Waals surface area contributed by atoms with Crippen molar-refractivity contribution in [3.63, 3.8) is 0 Å². The van der Waals surface area contributed by atoms with Crippen LogP contribution in [0.3, 0.4) is 0 Å². The van der Waals surface area contributed by atoms with Crippen LogP contribution in [0.1, 0.15) is 31.3 Å². The Bertz CT molecular complexity index is 1020. The average molecular weight is 464 g/mol. The summed E-state index contributed by atoms with van der Waals surface area (Å²) < 4.78 is 31.6. The number of hydrogen-bond acceptors (Lipinski definition) is 10. The van der Waals surface area contributed by atoms with Crippen molar-refractivity contribution in [2.24, 2.45) is 0 Å². The van der Waals surface area contributed by atoms with Gasteiger partial charge < -0.3 is 20.5 Å². The van der Waals surface area contributed by atoms with Gasteiger partial charge in [0.25, 0.3) is 10.0 Å². The van der Waals surface area contributed by atoms with Gasteiger partial charge in [-0.05, 0) is 20.8 Å². The third-order valence-corrected chi connectivity index (χ3v) is 6.38. The predicted octanol–water partition coefficient (Wildman–Crippen LogP) is 1.56. The fourth-order valence-corrected chi connectivity index (χ4v) is 4.75. The van der Waals surface area contributed by atoms with Gasteiger partial charge in [0.2, 0.25) is 5.91 Å². The van der Waals surface area contributed by atoms with Crippen LogP contribution in [0.15, 0.2) is 15.9 Å². The molecule has 2 heterocycles. The molecule has 2 aromatic heterocycles. The number of nitrogens with zero attached hydrogens (tertiary/aromatic N) is 2. The molecular weight excluding hydrogens is 446 g/mol. The van der Waals surface area contributed by atoms with Gasteiger partial charge in [-0.25, -0.2) is 28.0 Å². The molecule has 0 spiro atoms. The Morgan fingerprint density at radius 2 is 1.93 bits per heavy atom. The second-order valence-corrected chi connectivity index (χ2v) is 10.1. The Morgan fingerprint density at radius 1 is 1.24 bits per heavy atom. The van der Waals surface area contributed by atoms with Crippen molar-refractivity contribution in [2.45, 2.75) is 30.6 Å². The van der Waals surface area contributed by atoms with Crippen molar-refractivity contribution in [3.05, 3.63) is 17.4 Å². The van der Waals surface area contributed by atoms with Gasteiger partial charge in [0.1, 0.15) is 17.1 Å². The number of aromatic nitrogens is 2. The van der Waals surface area contributed by atoms with E-state index in [2.05, 4.69) is 25.3 Å². The van der Waals surface area contributed by atoms with Gasteiger partial charge in [0.05, 0.1) is 11.7 Å². The molecule has 0 fully saturated rings. The van der Waals surface area contributed by atoms with Crippen LogP contribution in [0.25, 0.3) is 0 Å². The fraction of sp³-hybridized carbons (Fsp3) is 0.357. The van der Waals surface area contributed by atoms with Crippen LogP contribution in [-0.2, 0) is 19.6 Å². The Morgan fingerprint density at radius 3 is 2.55 bits per heavy atom. The molecule has 0 aliphatic heterocycles. The molecule has 0 aromatic carbocycles. The third-order valence-electron chi connectivity index (χ3n) is 2.78. The standard InChI is InChI=1S/C14H17N5O7S3/c1-14(2,3)26-13(23)16-4-7(20)18-12-15-5-8(28-12)29(24,25)19-10-9(11(21)22)17-6-27-10/h5-6,19H,4H2,1-3H3,(H,16,23)(H,21,22)(H,15,18,20). The first-order valence-electron chi connectivity index (χ1n) is 7.79. The Labute approximate surface area is 173 Å². The summed E-state index contributed by atoms with van der Waals surface area (Å²) in [5, 5.41) is 13.4. The van der Waals surface area contributed by atoms with E-state index in [0.29, 0.717) is 11.3 Å². The molecule has 0 radical (unpaired) electrons. The molecule has 0 saturated carbocycles. The summed E-state index contributed by atoms with van der Waals surface area (Å²) in [7, 11) is -4.13. The number of hydrogen-bond donors (Lipinski definition) is 4. The van der Waals surface area contributed by atoms with E-state index in [0.717, 1.165) is 17.5 Å². The summed E-state index contributed by atoms with van der Waals surface area (Å²) in [5.41, 5.74) is 0.0481. The highest BCUT2D eigenvalue weighted by atomic mass is 32.2. The molecule has 4 N–H and O–H groups in total. The first-order valence-corrected chi connectivity index (χ1v) is 11.0. The SMILES string of the molecule is CC(C)(C)OC(=O)NCC(=O)Nc1ncc(S(=O)(=O)Nc2scnc2C(=O)O)s1. The number of nitrogens with one attached hydrogen (secondary N) is 3. The molecule has 2 aromatic rings. The molecule has 0 aliphatic rings. The summed E-state index contributed by atoms with van der Waals surface area (Å²) in [6.45, 7) is 4.61. The first kappa shape index (κ1) is 22.5. The van der Waals surface area contributed by atoms with E-state index in [-0.39, 0.29) is 14.3 Å². The van der Waals surface area contributed by atoms with Crippen molar-refractivity contribution in [1.29, 1.82) is 0 Å². The smallest absolute Gasteiger partial charge is 0.408 e. The van der Waals surface area contributed by atoms with Crippen molar-refractivity contribution in [2.75, 3.05) is 16.6 Å². The highest BCUT2D eigenvalue weighted by Gasteiger charge is 2.23. The molecule has 0 saturated heterocycles. The van der Waals surface area contributed by atoms with Gasteiger partial charge in [-0.15, -0.1) is 11.3 Å². The quantitative estimate of drug-likeness (QED) is 0.474. The van der Waals surface area contributed by atoms with Crippen LogP contribution < -0.4 is 15.4 Å². The van der Waals surface area contributed by atoms with Crippen LogP contribution in [-0.4, -0.2) is 53.6 Å². The summed E-state index contributed by atoms with van der Waals surface area (Å²) in [6.07, 6.45) is 0.226. The van der Waals surface area contributed by atoms with E-state index in [1.165, 1.54) is 5.51 Å². The Hall–Kier alpha value is -2.78. The van der Waals surface area contributed by atoms with Crippen molar-refractivity contribution < 1.29 is 32.6 Å². The molecule has 158 valence electrons. The van der Waals surface area contributed by atoms with E-state index in [1.807, 2.05) is 0 Å². The van der Waals surface area contributed by atoms with Gasteiger partial charge in [-0.1, -0.05) is 11.3 Å². The van der Waals surface area contributed by atoms with Gasteiger partial charge >= 0.3 is 12.1 Å². The maximum Gasteiger partial charge on any atom is 0.408 e. The zero-order valence-corrected chi connectivity index (χ0v) is 17.8. The van der Waals surface area contributed by atoms with Crippen LogP contribution in [0, 0.1) is 0 Å². The van der Waals surface area contributed by atoms with E-state index in [9.17, 15) is 22.8 Å². The van der Waals surface area contributed by atoms with Crippen LogP contribution in [0.4, 0.5) is 14.9 Å². The normalized spacial score (nSPS) is 11.6. The highest BCUT2D eigenvalue weighted by Crippen LogP contribution is 2.28. The minimum absolute atomic E-state index is 0.0240. The Balaban J connectivity index is 1.97. The topological polar surface area (TPSA) is 177 Å². The number of carbonyl (C=O) groups excluding carboxylic acids is 2. The zero-order chi connectivity index (χ0) is 21.8. The lowest BCUT2D eigenvalue weighted by Gasteiger charge is -2.19. The number of thiazole rings is 2. The zero-order valence-electron chi connectivity index (χ0n) is 15.4. The second kappa shape index (κ2) is 8.71. The average Bonchev–Trinajstić information content (AvgIpc) is 3.20. The van der Waals surface area contributed by atoms with Crippen LogP contribution in [0.5, 0.6) is 0 Å². The number of carboxylic acid groups (broad SMARTS) is 1. The third kappa shape index (κ3) is 6.65. The molecule has 2 rings (SSSR count). The maximum atomic E-state index is 12.4.